The zero-order valence-corrected chi connectivity index (χ0v) is 11.5. The average molecular weight is 240 g/mol. The molecule has 3 heteroatoms. The van der Waals surface area contributed by atoms with E-state index in [0.29, 0.717) is 0 Å². The number of hydrogen-bond acceptors (Lipinski definition) is 3. The van der Waals surface area contributed by atoms with Crippen LogP contribution < -0.4 is 11.1 Å². The highest BCUT2D eigenvalue weighted by atomic mass is 32.1. The van der Waals surface area contributed by atoms with Gasteiger partial charge in [-0.05, 0) is 49.9 Å². The molecule has 16 heavy (non-hydrogen) atoms. The number of nitrogens with two attached hydrogens (primary N) is 1. The van der Waals surface area contributed by atoms with Gasteiger partial charge in [-0.3, -0.25) is 0 Å². The molecule has 0 fully saturated rings. The summed E-state index contributed by atoms with van der Waals surface area (Å²) in [7, 11) is 0. The summed E-state index contributed by atoms with van der Waals surface area (Å²) < 4.78 is 0. The summed E-state index contributed by atoms with van der Waals surface area (Å²) in [6, 6.07) is 2.20. The van der Waals surface area contributed by atoms with Crippen molar-refractivity contribution < 1.29 is 0 Å². The van der Waals surface area contributed by atoms with E-state index in [9.17, 15) is 0 Å². The Morgan fingerprint density at radius 1 is 1.38 bits per heavy atom. The monoisotopic (exact) mass is 240 g/mol. The minimum Gasteiger partial charge on any atom is -0.330 e. The van der Waals surface area contributed by atoms with Crippen LogP contribution in [0.15, 0.2) is 11.4 Å². The van der Waals surface area contributed by atoms with Crippen molar-refractivity contribution >= 4 is 11.3 Å². The second kappa shape index (κ2) is 6.38. The van der Waals surface area contributed by atoms with E-state index in [2.05, 4.69) is 37.5 Å². The highest BCUT2D eigenvalue weighted by molar-refractivity contribution is 7.10. The molecule has 0 atom stereocenters. The molecule has 0 spiro atoms. The molecule has 0 unspecified atom stereocenters. The molecule has 0 aliphatic heterocycles. The van der Waals surface area contributed by atoms with Gasteiger partial charge in [0.15, 0.2) is 0 Å². The highest BCUT2D eigenvalue weighted by Crippen LogP contribution is 2.30. The van der Waals surface area contributed by atoms with Gasteiger partial charge in [-0.15, -0.1) is 11.3 Å². The summed E-state index contributed by atoms with van der Waals surface area (Å²) in [5, 5.41) is 5.71. The fourth-order valence-corrected chi connectivity index (χ4v) is 2.99. The first kappa shape index (κ1) is 13.7. The highest BCUT2D eigenvalue weighted by Gasteiger charge is 2.22. The zero-order valence-electron chi connectivity index (χ0n) is 10.7. The maximum absolute atomic E-state index is 5.47. The van der Waals surface area contributed by atoms with E-state index >= 15 is 0 Å². The Labute approximate surface area is 103 Å². The van der Waals surface area contributed by atoms with Gasteiger partial charge < -0.3 is 11.1 Å². The van der Waals surface area contributed by atoms with Gasteiger partial charge in [0.1, 0.15) is 0 Å². The van der Waals surface area contributed by atoms with Crippen molar-refractivity contribution in [1.29, 1.82) is 0 Å². The van der Waals surface area contributed by atoms with Crippen LogP contribution in [0.3, 0.4) is 0 Å². The predicted octanol–water partition coefficient (Wildman–Crippen LogP) is 2.66. The van der Waals surface area contributed by atoms with Crippen LogP contribution >= 0.6 is 11.3 Å². The predicted molar refractivity (Wildman–Crippen MR) is 73.2 cm³/mol. The fraction of sp³-hybridized carbons (Fsp3) is 0.692. The summed E-state index contributed by atoms with van der Waals surface area (Å²) in [6.45, 7) is 9.73. The summed E-state index contributed by atoms with van der Waals surface area (Å²) >= 11 is 1.86. The number of nitrogens with one attached hydrogen (secondary N) is 1. The normalized spacial score (nSPS) is 12.0. The molecule has 0 aromatic carbocycles. The fourth-order valence-electron chi connectivity index (χ4n) is 1.94. The molecule has 0 aliphatic carbocycles. The molecule has 0 saturated heterocycles. The van der Waals surface area contributed by atoms with Gasteiger partial charge in [0.25, 0.3) is 0 Å². The lowest BCUT2D eigenvalue weighted by molar-refractivity contribution is 0.469. The van der Waals surface area contributed by atoms with Crippen LogP contribution in [0.1, 0.15) is 37.1 Å². The SMILES string of the molecule is Cc1ccsc1C(C)(C)CNCCCCN. The molecule has 0 aliphatic rings. The van der Waals surface area contributed by atoms with Gasteiger partial charge in [0.2, 0.25) is 0 Å². The maximum atomic E-state index is 5.47. The molecule has 0 amide bonds. The second-order valence-corrected chi connectivity index (χ2v) is 5.91. The smallest absolute Gasteiger partial charge is 0.0143 e. The van der Waals surface area contributed by atoms with Crippen molar-refractivity contribution in [3.05, 3.63) is 21.9 Å². The van der Waals surface area contributed by atoms with E-state index in [4.69, 9.17) is 5.73 Å². The van der Waals surface area contributed by atoms with Crippen molar-refractivity contribution in [2.24, 2.45) is 5.73 Å². The van der Waals surface area contributed by atoms with Gasteiger partial charge in [0, 0.05) is 16.8 Å². The van der Waals surface area contributed by atoms with Crippen LogP contribution in [0.25, 0.3) is 0 Å². The van der Waals surface area contributed by atoms with Crippen LogP contribution in [-0.2, 0) is 5.41 Å². The Morgan fingerprint density at radius 2 is 2.12 bits per heavy atom. The summed E-state index contributed by atoms with van der Waals surface area (Å²) in [4.78, 5) is 1.50. The molecule has 1 heterocycles. The van der Waals surface area contributed by atoms with Crippen LogP contribution in [0, 0.1) is 6.92 Å². The summed E-state index contributed by atoms with van der Waals surface area (Å²) in [5.74, 6) is 0. The minimum absolute atomic E-state index is 0.237. The molecule has 1 aromatic heterocycles. The molecule has 0 saturated carbocycles. The molecular formula is C13H24N2S. The number of thiophene rings is 1. The lowest BCUT2D eigenvalue weighted by Gasteiger charge is -2.25. The third kappa shape index (κ3) is 3.89. The average Bonchev–Trinajstić information content (AvgIpc) is 2.65. The third-order valence-corrected chi connectivity index (χ3v) is 4.23. The molecule has 1 rings (SSSR count). The van der Waals surface area contributed by atoms with E-state index in [1.807, 2.05) is 11.3 Å². The van der Waals surface area contributed by atoms with Gasteiger partial charge in [-0.1, -0.05) is 13.8 Å². The first-order valence-corrected chi connectivity index (χ1v) is 6.91. The molecule has 3 N–H and O–H groups in total. The number of aryl methyl sites for hydroxylation is 1. The van der Waals surface area contributed by atoms with Crippen molar-refractivity contribution in [2.75, 3.05) is 19.6 Å². The quantitative estimate of drug-likeness (QED) is 0.719. The Kier molecular flexibility index (Phi) is 5.46. The Morgan fingerprint density at radius 3 is 2.69 bits per heavy atom. The van der Waals surface area contributed by atoms with Crippen LogP contribution in [-0.4, -0.2) is 19.6 Å². The topological polar surface area (TPSA) is 38.0 Å². The molecule has 1 aromatic rings. The molecule has 92 valence electrons. The molecule has 2 nitrogen and oxygen atoms in total. The summed E-state index contributed by atoms with van der Waals surface area (Å²) in [5.41, 5.74) is 7.12. The maximum Gasteiger partial charge on any atom is 0.0143 e. The van der Waals surface area contributed by atoms with Crippen molar-refractivity contribution in [1.82, 2.24) is 5.32 Å². The van der Waals surface area contributed by atoms with E-state index in [0.717, 1.165) is 26.1 Å². The first-order chi connectivity index (χ1) is 7.58. The Bertz CT molecular complexity index is 305. The Balaban J connectivity index is 2.37. The lowest BCUT2D eigenvalue weighted by Crippen LogP contribution is -2.33. The number of hydrogen-bond donors (Lipinski definition) is 2. The first-order valence-electron chi connectivity index (χ1n) is 6.03. The molecule has 0 radical (unpaired) electrons. The van der Waals surface area contributed by atoms with Gasteiger partial charge in [0.05, 0.1) is 0 Å². The van der Waals surface area contributed by atoms with E-state index in [-0.39, 0.29) is 5.41 Å². The van der Waals surface area contributed by atoms with Crippen LogP contribution in [0.4, 0.5) is 0 Å². The molecule has 0 bridgehead atoms. The standard InChI is InChI=1S/C13H24N2S/c1-11-6-9-16-12(11)13(2,3)10-15-8-5-4-7-14/h6,9,15H,4-5,7-8,10,14H2,1-3H3. The van der Waals surface area contributed by atoms with Crippen LogP contribution in [0.2, 0.25) is 0 Å². The van der Waals surface area contributed by atoms with E-state index in [1.165, 1.54) is 16.9 Å². The van der Waals surface area contributed by atoms with Crippen molar-refractivity contribution in [2.45, 2.75) is 39.0 Å². The van der Waals surface area contributed by atoms with E-state index < -0.39 is 0 Å². The van der Waals surface area contributed by atoms with Crippen LogP contribution in [0.5, 0.6) is 0 Å². The van der Waals surface area contributed by atoms with Gasteiger partial charge in [-0.25, -0.2) is 0 Å². The number of rotatable bonds is 7. The third-order valence-electron chi connectivity index (χ3n) is 2.85. The largest absolute Gasteiger partial charge is 0.330 e. The van der Waals surface area contributed by atoms with Gasteiger partial charge >= 0.3 is 0 Å². The summed E-state index contributed by atoms with van der Waals surface area (Å²) in [6.07, 6.45) is 2.29. The number of unbranched alkanes of at least 4 members (excludes halogenated alkanes) is 1. The van der Waals surface area contributed by atoms with E-state index in [1.54, 1.807) is 0 Å². The minimum atomic E-state index is 0.237. The van der Waals surface area contributed by atoms with Gasteiger partial charge in [-0.2, -0.15) is 0 Å². The molecular weight excluding hydrogens is 216 g/mol. The zero-order chi connectivity index (χ0) is 12.0. The lowest BCUT2D eigenvalue weighted by atomic mass is 9.89. The second-order valence-electron chi connectivity index (χ2n) is 4.99. The van der Waals surface area contributed by atoms with Crippen molar-refractivity contribution in [3.8, 4) is 0 Å². The van der Waals surface area contributed by atoms with Crippen molar-refractivity contribution in [3.63, 3.8) is 0 Å². The Hall–Kier alpha value is -0.380.